The van der Waals surface area contributed by atoms with E-state index in [-0.39, 0.29) is 12.1 Å². The first kappa shape index (κ1) is 16.4. The van der Waals surface area contributed by atoms with E-state index in [9.17, 15) is 8.78 Å². The first-order valence-electron chi connectivity index (χ1n) is 7.17. The number of nitrogens with zero attached hydrogens (tertiary/aromatic N) is 1. The number of hydrogen-bond acceptors (Lipinski definition) is 2. The molecular formula is C16H19F2N3S. The van der Waals surface area contributed by atoms with E-state index in [4.69, 9.17) is 0 Å². The Morgan fingerprint density at radius 3 is 2.82 bits per heavy atom. The summed E-state index contributed by atoms with van der Waals surface area (Å²) >= 11 is 1.71. The highest BCUT2D eigenvalue weighted by Gasteiger charge is 2.04. The van der Waals surface area contributed by atoms with E-state index in [1.807, 2.05) is 18.4 Å². The first-order valence-corrected chi connectivity index (χ1v) is 8.05. The van der Waals surface area contributed by atoms with Crippen molar-refractivity contribution in [1.29, 1.82) is 0 Å². The van der Waals surface area contributed by atoms with Crippen LogP contribution in [0, 0.1) is 11.6 Å². The Kier molecular flexibility index (Phi) is 6.33. The molecule has 2 aromatic rings. The van der Waals surface area contributed by atoms with E-state index in [2.05, 4.69) is 21.7 Å². The Bertz CT molecular complexity index is 612. The van der Waals surface area contributed by atoms with Gasteiger partial charge in [0.25, 0.3) is 0 Å². The number of hydrogen-bond donors (Lipinski definition) is 2. The third-order valence-corrected chi connectivity index (χ3v) is 3.94. The minimum absolute atomic E-state index is 0.0952. The Morgan fingerprint density at radius 1 is 1.23 bits per heavy atom. The molecular weight excluding hydrogens is 304 g/mol. The van der Waals surface area contributed by atoms with Crippen LogP contribution in [0.4, 0.5) is 8.78 Å². The second-order valence-corrected chi connectivity index (χ2v) is 5.72. The molecule has 1 aromatic heterocycles. The van der Waals surface area contributed by atoms with E-state index < -0.39 is 11.6 Å². The molecule has 0 saturated heterocycles. The zero-order chi connectivity index (χ0) is 15.8. The van der Waals surface area contributed by atoms with Crippen molar-refractivity contribution in [2.75, 3.05) is 13.1 Å². The minimum atomic E-state index is -0.456. The number of rotatable bonds is 6. The molecule has 0 saturated carbocycles. The van der Waals surface area contributed by atoms with Crippen molar-refractivity contribution >= 4 is 17.3 Å². The number of aliphatic imine (C=N–C) groups is 1. The molecule has 0 fully saturated rings. The van der Waals surface area contributed by atoms with Crippen molar-refractivity contribution in [3.63, 3.8) is 0 Å². The highest BCUT2D eigenvalue weighted by molar-refractivity contribution is 7.09. The summed E-state index contributed by atoms with van der Waals surface area (Å²) in [5, 5.41) is 8.33. The van der Waals surface area contributed by atoms with E-state index in [1.165, 1.54) is 10.9 Å². The summed E-state index contributed by atoms with van der Waals surface area (Å²) in [5.74, 6) is -0.301. The lowest BCUT2D eigenvalue weighted by Gasteiger charge is -2.11. The molecule has 2 N–H and O–H groups in total. The van der Waals surface area contributed by atoms with Crippen molar-refractivity contribution in [3.8, 4) is 0 Å². The SMILES string of the molecule is CCNC(=NCc1cc(F)ccc1F)NCCc1cccs1. The van der Waals surface area contributed by atoms with Crippen molar-refractivity contribution in [2.24, 2.45) is 4.99 Å². The average Bonchev–Trinajstić information content (AvgIpc) is 3.01. The molecule has 6 heteroatoms. The van der Waals surface area contributed by atoms with Crippen molar-refractivity contribution < 1.29 is 8.78 Å². The molecule has 0 amide bonds. The molecule has 22 heavy (non-hydrogen) atoms. The van der Waals surface area contributed by atoms with Crippen molar-refractivity contribution in [2.45, 2.75) is 19.9 Å². The summed E-state index contributed by atoms with van der Waals surface area (Å²) in [7, 11) is 0. The number of thiophene rings is 1. The lowest BCUT2D eigenvalue weighted by molar-refractivity contribution is 0.585. The second kappa shape index (κ2) is 8.48. The fourth-order valence-electron chi connectivity index (χ4n) is 1.93. The van der Waals surface area contributed by atoms with Crippen LogP contribution in [0.1, 0.15) is 17.4 Å². The molecule has 0 unspecified atom stereocenters. The molecule has 0 spiro atoms. The quantitative estimate of drug-likeness (QED) is 0.632. The van der Waals surface area contributed by atoms with Crippen LogP contribution >= 0.6 is 11.3 Å². The summed E-state index contributed by atoms with van der Waals surface area (Å²) < 4.78 is 26.7. The summed E-state index contributed by atoms with van der Waals surface area (Å²) in [6, 6.07) is 7.50. The number of nitrogens with one attached hydrogen (secondary N) is 2. The van der Waals surface area contributed by atoms with Crippen LogP contribution < -0.4 is 10.6 Å². The predicted molar refractivity (Wildman–Crippen MR) is 87.2 cm³/mol. The zero-order valence-corrected chi connectivity index (χ0v) is 13.2. The molecule has 0 aliphatic heterocycles. The lowest BCUT2D eigenvalue weighted by Crippen LogP contribution is -2.38. The maximum atomic E-state index is 13.6. The van der Waals surface area contributed by atoms with Crippen LogP contribution in [0.3, 0.4) is 0 Å². The molecule has 1 aromatic carbocycles. The minimum Gasteiger partial charge on any atom is -0.357 e. The van der Waals surface area contributed by atoms with Crippen LogP contribution in [0.25, 0.3) is 0 Å². The van der Waals surface area contributed by atoms with Gasteiger partial charge in [-0.3, -0.25) is 0 Å². The van der Waals surface area contributed by atoms with E-state index in [1.54, 1.807) is 11.3 Å². The monoisotopic (exact) mass is 323 g/mol. The maximum Gasteiger partial charge on any atom is 0.191 e. The highest BCUT2D eigenvalue weighted by Crippen LogP contribution is 2.11. The van der Waals surface area contributed by atoms with Crippen LogP contribution in [0.2, 0.25) is 0 Å². The van der Waals surface area contributed by atoms with E-state index >= 15 is 0 Å². The summed E-state index contributed by atoms with van der Waals surface area (Å²) in [6.07, 6.45) is 0.899. The van der Waals surface area contributed by atoms with Gasteiger partial charge in [-0.2, -0.15) is 0 Å². The van der Waals surface area contributed by atoms with Gasteiger partial charge in [-0.25, -0.2) is 13.8 Å². The van der Waals surface area contributed by atoms with E-state index in [0.717, 1.165) is 25.1 Å². The van der Waals surface area contributed by atoms with Crippen LogP contribution in [-0.2, 0) is 13.0 Å². The van der Waals surface area contributed by atoms with Gasteiger partial charge < -0.3 is 10.6 Å². The summed E-state index contributed by atoms with van der Waals surface area (Å²) in [5.41, 5.74) is 0.246. The standard InChI is InChI=1S/C16H19F2N3S/c1-2-19-16(20-8-7-14-4-3-9-22-14)21-11-12-10-13(17)5-6-15(12)18/h3-6,9-10H,2,7-8,11H2,1H3,(H2,19,20,21). The van der Waals surface area contributed by atoms with Gasteiger partial charge in [0.15, 0.2) is 5.96 Å². The molecule has 1 heterocycles. The topological polar surface area (TPSA) is 36.4 Å². The van der Waals surface area contributed by atoms with Crippen LogP contribution in [-0.4, -0.2) is 19.0 Å². The highest BCUT2D eigenvalue weighted by atomic mass is 32.1. The first-order chi connectivity index (χ1) is 10.7. The average molecular weight is 323 g/mol. The van der Waals surface area contributed by atoms with E-state index in [0.29, 0.717) is 12.5 Å². The smallest absolute Gasteiger partial charge is 0.191 e. The molecule has 2 rings (SSSR count). The molecule has 118 valence electrons. The predicted octanol–water partition coefficient (Wildman–Crippen LogP) is 3.32. The number of halogens is 2. The molecule has 0 aliphatic carbocycles. The van der Waals surface area contributed by atoms with Gasteiger partial charge in [0.05, 0.1) is 6.54 Å². The van der Waals surface area contributed by atoms with Crippen molar-refractivity contribution in [3.05, 3.63) is 57.8 Å². The lowest BCUT2D eigenvalue weighted by atomic mass is 10.2. The Balaban J connectivity index is 1.92. The second-order valence-electron chi connectivity index (χ2n) is 4.69. The Labute approximate surface area is 133 Å². The van der Waals surface area contributed by atoms with Gasteiger partial charge in [-0.05, 0) is 43.0 Å². The molecule has 0 radical (unpaired) electrons. The van der Waals surface area contributed by atoms with Gasteiger partial charge in [0.1, 0.15) is 11.6 Å². The third-order valence-electron chi connectivity index (χ3n) is 3.00. The fourth-order valence-corrected chi connectivity index (χ4v) is 2.64. The number of benzene rings is 1. The molecule has 0 atom stereocenters. The maximum absolute atomic E-state index is 13.6. The summed E-state index contributed by atoms with van der Waals surface area (Å²) in [6.45, 7) is 3.49. The largest absolute Gasteiger partial charge is 0.357 e. The van der Waals surface area contributed by atoms with Gasteiger partial charge >= 0.3 is 0 Å². The normalized spacial score (nSPS) is 11.5. The zero-order valence-electron chi connectivity index (χ0n) is 12.4. The Hall–Kier alpha value is -1.95. The van der Waals surface area contributed by atoms with Gasteiger partial charge in [0, 0.05) is 23.5 Å². The number of guanidine groups is 1. The van der Waals surface area contributed by atoms with Gasteiger partial charge in [-0.15, -0.1) is 11.3 Å². The van der Waals surface area contributed by atoms with Crippen LogP contribution in [0.15, 0.2) is 40.7 Å². The third kappa shape index (κ3) is 5.11. The van der Waals surface area contributed by atoms with Gasteiger partial charge in [-0.1, -0.05) is 6.07 Å². The Morgan fingerprint density at radius 2 is 2.09 bits per heavy atom. The molecule has 3 nitrogen and oxygen atoms in total. The van der Waals surface area contributed by atoms with Crippen molar-refractivity contribution in [1.82, 2.24) is 10.6 Å². The van der Waals surface area contributed by atoms with Gasteiger partial charge in [0.2, 0.25) is 0 Å². The molecule has 0 aliphatic rings. The van der Waals surface area contributed by atoms with Crippen LogP contribution in [0.5, 0.6) is 0 Å². The summed E-state index contributed by atoms with van der Waals surface area (Å²) in [4.78, 5) is 5.59. The molecule has 0 bridgehead atoms. The fraction of sp³-hybridized carbons (Fsp3) is 0.312.